The molecule has 0 saturated carbocycles. The molecule has 0 saturated heterocycles. The zero-order chi connectivity index (χ0) is 13.4. The zero-order valence-electron chi connectivity index (χ0n) is 11.3. The molecule has 0 aliphatic heterocycles. The van der Waals surface area contributed by atoms with Gasteiger partial charge in [0.1, 0.15) is 0 Å². The highest BCUT2D eigenvalue weighted by molar-refractivity contribution is 5.52. The Balaban J connectivity index is 2.10. The van der Waals surface area contributed by atoms with Gasteiger partial charge < -0.3 is 0 Å². The fourth-order valence-electron chi connectivity index (χ4n) is 2.22. The second kappa shape index (κ2) is 4.35. The molecule has 3 aromatic rings. The Hall–Kier alpha value is -2.43. The largest absolute Gasteiger partial charge is 0.418 e. The summed E-state index contributed by atoms with van der Waals surface area (Å²) in [4.78, 5) is 8.98. The maximum atomic E-state index is 4.53. The monoisotopic (exact) mass is 254 g/mol. The van der Waals surface area contributed by atoms with E-state index in [1.54, 1.807) is 0 Å². The van der Waals surface area contributed by atoms with E-state index in [-0.39, 0.29) is 0 Å². The summed E-state index contributed by atoms with van der Waals surface area (Å²) >= 11 is 0. The Morgan fingerprint density at radius 3 is 2.58 bits per heavy atom. The predicted molar refractivity (Wildman–Crippen MR) is 73.4 cm³/mol. The highest BCUT2D eigenvalue weighted by Crippen LogP contribution is 2.12. The number of nitrogens with one attached hydrogen (secondary N) is 1. The number of rotatable bonds is 2. The molecule has 0 amide bonds. The van der Waals surface area contributed by atoms with E-state index < -0.39 is 0 Å². The smallest absolute Gasteiger partial charge is 0.240 e. The number of anilines is 2. The van der Waals surface area contributed by atoms with E-state index in [9.17, 15) is 0 Å². The lowest BCUT2D eigenvalue weighted by molar-refractivity contribution is -0.726. The van der Waals surface area contributed by atoms with Crippen molar-refractivity contribution in [3.8, 4) is 0 Å². The van der Waals surface area contributed by atoms with Gasteiger partial charge in [-0.1, -0.05) is 18.2 Å². The minimum atomic E-state index is 0.707. The van der Waals surface area contributed by atoms with E-state index in [2.05, 4.69) is 22.2 Å². The van der Waals surface area contributed by atoms with E-state index in [0.29, 0.717) is 5.78 Å². The molecule has 5 nitrogen and oxygen atoms in total. The van der Waals surface area contributed by atoms with Gasteiger partial charge in [-0.05, 0) is 37.0 Å². The third kappa shape index (κ3) is 2.03. The maximum absolute atomic E-state index is 4.53. The van der Waals surface area contributed by atoms with E-state index >= 15 is 0 Å². The van der Waals surface area contributed by atoms with E-state index in [4.69, 9.17) is 0 Å². The second-order valence-corrected chi connectivity index (χ2v) is 4.60. The van der Waals surface area contributed by atoms with Crippen molar-refractivity contribution in [2.24, 2.45) is 7.05 Å². The predicted octanol–water partition coefficient (Wildman–Crippen LogP) is 1.91. The summed E-state index contributed by atoms with van der Waals surface area (Å²) in [6.07, 6.45) is 0. The Kier molecular flexibility index (Phi) is 2.67. The van der Waals surface area contributed by atoms with Gasteiger partial charge in [0.2, 0.25) is 0 Å². The summed E-state index contributed by atoms with van der Waals surface area (Å²) in [6.45, 7) is 4.03. The fourth-order valence-corrected chi connectivity index (χ4v) is 2.22. The van der Waals surface area contributed by atoms with Crippen molar-refractivity contribution in [1.82, 2.24) is 14.5 Å². The SMILES string of the molecule is Cc1cc(C)n2c(n1)nc(Nc1ccccc1)[n+]2C. The third-order valence-electron chi connectivity index (χ3n) is 3.06. The van der Waals surface area contributed by atoms with Crippen LogP contribution in [0, 0.1) is 13.8 Å². The van der Waals surface area contributed by atoms with E-state index in [0.717, 1.165) is 23.0 Å². The molecule has 3 rings (SSSR count). The number of benzene rings is 1. The fraction of sp³-hybridized carbons (Fsp3) is 0.214. The molecule has 0 unspecified atom stereocenters. The van der Waals surface area contributed by atoms with Crippen molar-refractivity contribution < 1.29 is 4.68 Å². The lowest BCUT2D eigenvalue weighted by Crippen LogP contribution is -2.38. The zero-order valence-corrected chi connectivity index (χ0v) is 11.3. The first-order chi connectivity index (χ1) is 9.15. The molecule has 2 heterocycles. The average Bonchev–Trinajstić information content (AvgIpc) is 2.67. The molecule has 2 aromatic heterocycles. The maximum Gasteiger partial charge on any atom is 0.418 e. The van der Waals surface area contributed by atoms with Crippen LogP contribution in [0.25, 0.3) is 5.78 Å². The molecule has 1 N–H and O–H groups in total. The first-order valence-corrected chi connectivity index (χ1v) is 6.20. The van der Waals surface area contributed by atoms with E-state index in [1.165, 1.54) is 0 Å². The van der Waals surface area contributed by atoms with Crippen LogP contribution < -0.4 is 10.00 Å². The first kappa shape index (κ1) is 11.6. The quantitative estimate of drug-likeness (QED) is 0.711. The molecule has 5 heteroatoms. The van der Waals surface area contributed by atoms with Crippen molar-refractivity contribution in [3.63, 3.8) is 0 Å². The van der Waals surface area contributed by atoms with Gasteiger partial charge in [-0.3, -0.25) is 0 Å². The average molecular weight is 254 g/mol. The Morgan fingerprint density at radius 1 is 1.11 bits per heavy atom. The molecule has 0 atom stereocenters. The number of nitrogens with zero attached hydrogens (tertiary/aromatic N) is 4. The van der Waals surface area contributed by atoms with Gasteiger partial charge >= 0.3 is 11.7 Å². The van der Waals surface area contributed by atoms with Gasteiger partial charge in [0.05, 0.1) is 18.4 Å². The standard InChI is InChI=1S/C14H15N5/c1-10-9-11(2)19-14(15-10)17-13(18(19)3)16-12-7-5-4-6-8-12/h4-9H,1-3H3/p+1. The van der Waals surface area contributed by atoms with Crippen molar-refractivity contribution in [2.75, 3.05) is 5.32 Å². The number of para-hydroxylation sites is 1. The van der Waals surface area contributed by atoms with Gasteiger partial charge in [-0.15, -0.1) is 0 Å². The van der Waals surface area contributed by atoms with Gasteiger partial charge in [-0.2, -0.15) is 9.20 Å². The molecular weight excluding hydrogens is 238 g/mol. The van der Waals surface area contributed by atoms with Crippen LogP contribution in [0.3, 0.4) is 0 Å². The molecule has 96 valence electrons. The number of hydrogen-bond donors (Lipinski definition) is 1. The van der Waals surface area contributed by atoms with Gasteiger partial charge in [-0.25, -0.2) is 10.3 Å². The normalized spacial score (nSPS) is 10.9. The van der Waals surface area contributed by atoms with Gasteiger partial charge in [0, 0.05) is 5.69 Å². The molecule has 0 bridgehead atoms. The number of aromatic nitrogens is 4. The lowest BCUT2D eigenvalue weighted by atomic mass is 10.3. The molecule has 0 spiro atoms. The Bertz CT molecular complexity index is 730. The van der Waals surface area contributed by atoms with Crippen molar-refractivity contribution in [2.45, 2.75) is 13.8 Å². The lowest BCUT2D eigenvalue weighted by Gasteiger charge is -2.01. The minimum Gasteiger partial charge on any atom is -0.240 e. The second-order valence-electron chi connectivity index (χ2n) is 4.60. The number of hydrogen-bond acceptors (Lipinski definition) is 3. The van der Waals surface area contributed by atoms with Crippen LogP contribution in [0.1, 0.15) is 11.4 Å². The third-order valence-corrected chi connectivity index (χ3v) is 3.06. The van der Waals surface area contributed by atoms with Gasteiger partial charge in [0.15, 0.2) is 0 Å². The molecule has 1 aromatic carbocycles. The molecule has 0 aliphatic rings. The van der Waals surface area contributed by atoms with Crippen LogP contribution in [0.4, 0.5) is 11.6 Å². The topological polar surface area (TPSA) is 46.1 Å². The summed E-state index contributed by atoms with van der Waals surface area (Å²) in [6, 6.07) is 12.0. The number of fused-ring (bicyclic) bond motifs is 1. The summed E-state index contributed by atoms with van der Waals surface area (Å²) < 4.78 is 3.95. The summed E-state index contributed by atoms with van der Waals surface area (Å²) in [5, 5.41) is 3.30. The summed E-state index contributed by atoms with van der Waals surface area (Å²) in [7, 11) is 1.97. The van der Waals surface area contributed by atoms with Crippen LogP contribution in [-0.2, 0) is 7.05 Å². The Labute approximate surface area is 111 Å². The molecule has 19 heavy (non-hydrogen) atoms. The Morgan fingerprint density at radius 2 is 1.84 bits per heavy atom. The molecular formula is C14H16N5+. The molecule has 0 radical (unpaired) electrons. The van der Waals surface area contributed by atoms with Crippen molar-refractivity contribution in [3.05, 3.63) is 47.8 Å². The molecule has 0 aliphatic carbocycles. The minimum absolute atomic E-state index is 0.707. The van der Waals surface area contributed by atoms with Crippen LogP contribution in [0.2, 0.25) is 0 Å². The highest BCUT2D eigenvalue weighted by Gasteiger charge is 2.19. The van der Waals surface area contributed by atoms with Crippen LogP contribution >= 0.6 is 0 Å². The van der Waals surface area contributed by atoms with E-state index in [1.807, 2.05) is 59.6 Å². The van der Waals surface area contributed by atoms with Crippen LogP contribution in [0.15, 0.2) is 36.4 Å². The first-order valence-electron chi connectivity index (χ1n) is 6.20. The highest BCUT2D eigenvalue weighted by atomic mass is 15.5. The summed E-state index contributed by atoms with van der Waals surface area (Å²) in [5.41, 5.74) is 3.09. The van der Waals surface area contributed by atoms with Crippen LogP contribution in [0.5, 0.6) is 0 Å². The number of aryl methyl sites for hydroxylation is 3. The summed E-state index contributed by atoms with van der Waals surface area (Å²) in [5.74, 6) is 1.48. The molecule has 0 fully saturated rings. The van der Waals surface area contributed by atoms with Crippen LogP contribution in [-0.4, -0.2) is 14.5 Å². The van der Waals surface area contributed by atoms with Crippen molar-refractivity contribution in [1.29, 1.82) is 0 Å². The van der Waals surface area contributed by atoms with Gasteiger partial charge in [0.25, 0.3) is 0 Å². The van der Waals surface area contributed by atoms with Crippen molar-refractivity contribution >= 4 is 17.4 Å².